The normalized spacial score (nSPS) is 13.7. The van der Waals surface area contributed by atoms with Gasteiger partial charge in [0.05, 0.1) is 18.7 Å². The van der Waals surface area contributed by atoms with E-state index < -0.39 is 0 Å². The molecule has 4 rings (SSSR count). The molecular weight excluding hydrogens is 426 g/mol. The minimum absolute atomic E-state index is 0.174. The molecule has 0 saturated carbocycles. The second-order valence-corrected chi connectivity index (χ2v) is 8.85. The minimum atomic E-state index is -0.306. The molecule has 2 heterocycles. The fourth-order valence-corrected chi connectivity index (χ4v) is 3.91. The van der Waals surface area contributed by atoms with Crippen molar-refractivity contribution >= 4 is 17.4 Å². The molecular formula is C28H29N3O3. The zero-order valence-electron chi connectivity index (χ0n) is 19.8. The molecule has 3 aromatic rings. The van der Waals surface area contributed by atoms with E-state index in [2.05, 4.69) is 18.8 Å². The van der Waals surface area contributed by atoms with Crippen LogP contribution in [0.5, 0.6) is 5.75 Å². The summed E-state index contributed by atoms with van der Waals surface area (Å²) in [5.74, 6) is 0.541. The van der Waals surface area contributed by atoms with E-state index in [9.17, 15) is 9.59 Å². The number of nitrogens with zero attached hydrogens (tertiary/aromatic N) is 3. The highest BCUT2D eigenvalue weighted by molar-refractivity contribution is 6.35. The Morgan fingerprint density at radius 1 is 0.912 bits per heavy atom. The van der Waals surface area contributed by atoms with Gasteiger partial charge in [0.15, 0.2) is 0 Å². The number of aromatic nitrogens is 1. The lowest BCUT2D eigenvalue weighted by Crippen LogP contribution is -2.33. The molecule has 0 N–H and O–H groups in total. The predicted octanol–water partition coefficient (Wildman–Crippen LogP) is 4.53. The number of ether oxygens (including phenoxy) is 1. The summed E-state index contributed by atoms with van der Waals surface area (Å²) in [7, 11) is 1.85. The van der Waals surface area contributed by atoms with Crippen LogP contribution in [0, 0.1) is 5.92 Å². The van der Waals surface area contributed by atoms with Crippen molar-refractivity contribution in [1.29, 1.82) is 0 Å². The number of benzene rings is 2. The fourth-order valence-electron chi connectivity index (χ4n) is 3.91. The lowest BCUT2D eigenvalue weighted by Gasteiger charge is -2.21. The zero-order chi connectivity index (χ0) is 24.1. The maximum atomic E-state index is 13.6. The van der Waals surface area contributed by atoms with Gasteiger partial charge in [0, 0.05) is 26.0 Å². The van der Waals surface area contributed by atoms with Crippen molar-refractivity contribution in [3.8, 4) is 5.75 Å². The molecule has 0 spiro atoms. The number of hydrogen-bond donors (Lipinski definition) is 0. The number of rotatable bonds is 9. The van der Waals surface area contributed by atoms with Crippen molar-refractivity contribution in [1.82, 2.24) is 14.8 Å². The van der Waals surface area contributed by atoms with Crippen molar-refractivity contribution < 1.29 is 14.3 Å². The van der Waals surface area contributed by atoms with Crippen LogP contribution < -0.4 is 4.74 Å². The van der Waals surface area contributed by atoms with Crippen molar-refractivity contribution in [2.75, 3.05) is 13.7 Å². The van der Waals surface area contributed by atoms with Crippen LogP contribution in [0.4, 0.5) is 0 Å². The van der Waals surface area contributed by atoms with Gasteiger partial charge in [-0.2, -0.15) is 0 Å². The number of amides is 2. The number of pyridine rings is 1. The summed E-state index contributed by atoms with van der Waals surface area (Å²) in [6.07, 6.45) is 3.34. The molecule has 0 aliphatic carbocycles. The van der Waals surface area contributed by atoms with Gasteiger partial charge in [-0.1, -0.05) is 62.4 Å². The van der Waals surface area contributed by atoms with Crippen molar-refractivity contribution in [3.05, 3.63) is 102 Å². The SMILES string of the molecule is CC(C)COc1ccc(C2=C(N(C)Cc3ccccc3)C(=O)N(Cc3cccnc3)C2=O)cc1. The third-order valence-corrected chi connectivity index (χ3v) is 5.58. The van der Waals surface area contributed by atoms with E-state index in [0.717, 1.165) is 16.9 Å². The lowest BCUT2D eigenvalue weighted by molar-refractivity contribution is -0.138. The number of likely N-dealkylation sites (N-methyl/N-ethyl adjacent to an activating group) is 1. The van der Waals surface area contributed by atoms with Crippen LogP contribution in [0.3, 0.4) is 0 Å². The lowest BCUT2D eigenvalue weighted by atomic mass is 10.0. The first-order valence-electron chi connectivity index (χ1n) is 11.4. The molecule has 2 amide bonds. The Morgan fingerprint density at radius 3 is 2.26 bits per heavy atom. The van der Waals surface area contributed by atoms with E-state index in [4.69, 9.17) is 4.74 Å². The van der Waals surface area contributed by atoms with Crippen LogP contribution in [-0.2, 0) is 22.7 Å². The third kappa shape index (κ3) is 5.17. The zero-order valence-corrected chi connectivity index (χ0v) is 19.8. The van der Waals surface area contributed by atoms with E-state index in [1.165, 1.54) is 4.90 Å². The Morgan fingerprint density at radius 2 is 1.62 bits per heavy atom. The van der Waals surface area contributed by atoms with Crippen LogP contribution in [0.15, 0.2) is 84.8 Å². The van der Waals surface area contributed by atoms with Gasteiger partial charge in [0.2, 0.25) is 0 Å². The first kappa shape index (κ1) is 23.2. The summed E-state index contributed by atoms with van der Waals surface area (Å²) >= 11 is 0. The monoisotopic (exact) mass is 455 g/mol. The van der Waals surface area contributed by atoms with Gasteiger partial charge in [-0.25, -0.2) is 0 Å². The quantitative estimate of drug-likeness (QED) is 0.444. The second-order valence-electron chi connectivity index (χ2n) is 8.85. The summed E-state index contributed by atoms with van der Waals surface area (Å²) in [6.45, 7) is 5.48. The van der Waals surface area contributed by atoms with E-state index >= 15 is 0 Å². The molecule has 0 atom stereocenters. The topological polar surface area (TPSA) is 62.7 Å². The summed E-state index contributed by atoms with van der Waals surface area (Å²) in [4.78, 5) is 34.4. The summed E-state index contributed by atoms with van der Waals surface area (Å²) < 4.78 is 5.79. The smallest absolute Gasteiger partial charge is 0.278 e. The molecule has 6 heteroatoms. The van der Waals surface area contributed by atoms with Gasteiger partial charge in [0.25, 0.3) is 11.8 Å². The largest absolute Gasteiger partial charge is 0.493 e. The predicted molar refractivity (Wildman–Crippen MR) is 131 cm³/mol. The molecule has 1 aliphatic heterocycles. The van der Waals surface area contributed by atoms with E-state index in [-0.39, 0.29) is 18.4 Å². The van der Waals surface area contributed by atoms with Crippen LogP contribution in [0.1, 0.15) is 30.5 Å². The van der Waals surface area contributed by atoms with Crippen LogP contribution in [0.2, 0.25) is 0 Å². The number of imide groups is 1. The average Bonchev–Trinajstić information content (AvgIpc) is 3.09. The molecule has 0 fully saturated rings. The van der Waals surface area contributed by atoms with Gasteiger partial charge in [-0.05, 0) is 40.8 Å². The Bertz CT molecular complexity index is 1170. The first-order chi connectivity index (χ1) is 16.4. The van der Waals surface area contributed by atoms with E-state index in [1.807, 2.05) is 72.6 Å². The Kier molecular flexibility index (Phi) is 7.07. The van der Waals surface area contributed by atoms with Gasteiger partial charge in [-0.3, -0.25) is 19.5 Å². The fraction of sp³-hybridized carbons (Fsp3) is 0.250. The summed E-state index contributed by atoms with van der Waals surface area (Å²) in [5, 5.41) is 0. The Hall–Kier alpha value is -3.93. The second kappa shape index (κ2) is 10.3. The van der Waals surface area contributed by atoms with Crippen LogP contribution in [0.25, 0.3) is 5.57 Å². The summed E-state index contributed by atoms with van der Waals surface area (Å²) in [5.41, 5.74) is 3.35. The van der Waals surface area contributed by atoms with E-state index in [0.29, 0.717) is 35.9 Å². The van der Waals surface area contributed by atoms with Gasteiger partial charge >= 0.3 is 0 Å². The molecule has 1 aliphatic rings. The highest BCUT2D eigenvalue weighted by Crippen LogP contribution is 2.33. The standard InChI is InChI=1S/C28H29N3O3/c1-20(2)19-34-24-13-11-23(12-14-24)25-26(30(3)17-21-8-5-4-6-9-21)28(33)31(27(25)32)18-22-10-7-15-29-16-22/h4-16,20H,17-19H2,1-3H3. The van der Waals surface area contributed by atoms with Gasteiger partial charge in [0.1, 0.15) is 11.4 Å². The number of carbonyl (C=O) groups excluding carboxylic acids is 2. The molecule has 0 saturated heterocycles. The minimum Gasteiger partial charge on any atom is -0.493 e. The van der Waals surface area contributed by atoms with Gasteiger partial charge in [-0.15, -0.1) is 0 Å². The average molecular weight is 456 g/mol. The molecule has 1 aromatic heterocycles. The third-order valence-electron chi connectivity index (χ3n) is 5.58. The van der Waals surface area contributed by atoms with Crippen molar-refractivity contribution in [2.45, 2.75) is 26.9 Å². The van der Waals surface area contributed by atoms with Crippen LogP contribution in [-0.4, -0.2) is 40.3 Å². The van der Waals surface area contributed by atoms with Crippen molar-refractivity contribution in [3.63, 3.8) is 0 Å². The van der Waals surface area contributed by atoms with E-state index in [1.54, 1.807) is 18.5 Å². The Balaban J connectivity index is 1.67. The highest BCUT2D eigenvalue weighted by Gasteiger charge is 2.40. The number of hydrogen-bond acceptors (Lipinski definition) is 5. The first-order valence-corrected chi connectivity index (χ1v) is 11.4. The summed E-state index contributed by atoms with van der Waals surface area (Å²) in [6, 6.07) is 20.9. The van der Waals surface area contributed by atoms with Crippen LogP contribution >= 0.6 is 0 Å². The number of carbonyl (C=O) groups is 2. The maximum absolute atomic E-state index is 13.6. The van der Waals surface area contributed by atoms with Gasteiger partial charge < -0.3 is 9.64 Å². The maximum Gasteiger partial charge on any atom is 0.278 e. The molecule has 0 radical (unpaired) electrons. The van der Waals surface area contributed by atoms with Crippen molar-refractivity contribution in [2.24, 2.45) is 5.92 Å². The molecule has 0 bridgehead atoms. The molecule has 34 heavy (non-hydrogen) atoms. The molecule has 6 nitrogen and oxygen atoms in total. The Labute approximate surface area is 200 Å². The molecule has 0 unspecified atom stereocenters. The highest BCUT2D eigenvalue weighted by atomic mass is 16.5. The molecule has 174 valence electrons. The molecule has 2 aromatic carbocycles.